The van der Waals surface area contributed by atoms with E-state index in [1.165, 1.54) is 86.1 Å². The fourth-order valence-corrected chi connectivity index (χ4v) is 15.4. The van der Waals surface area contributed by atoms with Gasteiger partial charge in [0.1, 0.15) is 60.9 Å². The Hall–Kier alpha value is -12.6. The van der Waals surface area contributed by atoms with E-state index in [-0.39, 0.29) is 5.28 Å². The van der Waals surface area contributed by atoms with Gasteiger partial charge in [-0.2, -0.15) is 16.9 Å². The average molecular weight is 1870 g/mol. The molecule has 5 N–H and O–H groups in total. The summed E-state index contributed by atoms with van der Waals surface area (Å²) in [5.41, 5.74) is 14.2. The zero-order valence-corrected chi connectivity index (χ0v) is 77.2. The van der Waals surface area contributed by atoms with Crippen LogP contribution in [0.4, 0.5) is 63.1 Å². The van der Waals surface area contributed by atoms with Crippen molar-refractivity contribution in [3.63, 3.8) is 0 Å². The average Bonchev–Trinajstić information content (AvgIpc) is 0.796. The number of nitrogens with one attached hydrogen (secondary N) is 3. The molecule has 0 amide bonds. The second-order valence-electron chi connectivity index (χ2n) is 28.2. The number of nitrogens with two attached hydrogens (primary N) is 1. The van der Waals surface area contributed by atoms with Crippen LogP contribution in [0.25, 0.3) is 0 Å². The number of fused-ring (bicyclic) bond motifs is 2. The molecule has 4 saturated heterocycles. The van der Waals surface area contributed by atoms with Crippen molar-refractivity contribution >= 4 is 127 Å². The maximum Gasteiger partial charge on any atom is 0.232 e. The summed E-state index contributed by atoms with van der Waals surface area (Å²) in [6.07, 6.45) is 12.1. The van der Waals surface area contributed by atoms with Crippen molar-refractivity contribution in [2.75, 3.05) is 200 Å². The number of rotatable bonds is 18. The van der Waals surface area contributed by atoms with Gasteiger partial charge in [0.2, 0.25) is 31.3 Å². The van der Waals surface area contributed by atoms with E-state index < -0.39 is 20.0 Å². The SMILES string of the molecule is CCc1cc(N)c(OC)cc1N1CCC(N2CCN(C)CC2)CC1.CCc1cc(Nc2ncc(Br)c(Nc3ccc4c(c3N(C)S(C)(=O)=O)OCCO4)n2)c(OC)cc1N1CCC(N2CCN(C)CC2)CC1.CN(c1c(Nc2nc(Cl)ncc2Br)ccc2c1OCCO2)S(C)(=O)=O.[CH2-]C#CC#CC#CC#CC#CC#CC#CC#CC#CC#CC#CC#CC#CC. The molecule has 0 atom stereocenters. The third-order valence-corrected chi connectivity index (χ3v) is 23.9. The molecule has 6 aliphatic heterocycles. The van der Waals surface area contributed by atoms with Crippen molar-refractivity contribution in [1.29, 1.82) is 0 Å². The van der Waals surface area contributed by atoms with Crippen molar-refractivity contribution in [3.8, 4) is 188 Å². The number of sulfonamides is 2. The van der Waals surface area contributed by atoms with Crippen LogP contribution in [0.2, 0.25) is 5.28 Å². The summed E-state index contributed by atoms with van der Waals surface area (Å²) in [4.78, 5) is 32.4. The molecule has 12 rings (SSSR count). The Kier molecular flexibility index (Phi) is 37.7. The lowest BCUT2D eigenvalue weighted by Crippen LogP contribution is -2.52. The van der Waals surface area contributed by atoms with Crippen molar-refractivity contribution < 1.29 is 45.3 Å². The van der Waals surface area contributed by atoms with E-state index in [1.54, 1.807) is 51.6 Å². The zero-order valence-electron chi connectivity index (χ0n) is 71.7. The molecule has 4 aromatic carbocycles. The molecule has 646 valence electrons. The minimum absolute atomic E-state index is 0.0567. The normalized spacial score (nSPS) is 14.4. The number of piperazine rings is 2. The molecule has 2 aromatic heterocycles. The summed E-state index contributed by atoms with van der Waals surface area (Å²) in [7, 11) is 3.56. The minimum atomic E-state index is -3.62. The lowest BCUT2D eigenvalue weighted by Gasteiger charge is -2.43. The molecule has 4 fully saturated rings. The first-order valence-corrected chi connectivity index (χ1v) is 45.5. The van der Waals surface area contributed by atoms with Gasteiger partial charge in [0.15, 0.2) is 23.0 Å². The Morgan fingerprint density at radius 3 is 1.26 bits per heavy atom. The van der Waals surface area contributed by atoms with E-state index in [1.807, 2.05) is 0 Å². The summed E-state index contributed by atoms with van der Waals surface area (Å²) < 4.78 is 87.0. The highest BCUT2D eigenvalue weighted by Crippen LogP contribution is 2.49. The number of hydrogen-bond donors (Lipinski definition) is 4. The number of nitrogen functional groups attached to an aromatic ring is 1. The first kappa shape index (κ1) is 96.2. The van der Waals surface area contributed by atoms with E-state index in [9.17, 15) is 16.8 Å². The fourth-order valence-electron chi connectivity index (χ4n) is 13.6. The molecule has 0 radical (unpaired) electrons. The zero-order chi connectivity index (χ0) is 89.7. The van der Waals surface area contributed by atoms with Crippen molar-refractivity contribution in [2.24, 2.45) is 0 Å². The molecule has 125 heavy (non-hydrogen) atoms. The molecule has 26 nitrogen and oxygen atoms in total. The van der Waals surface area contributed by atoms with Gasteiger partial charge in [0.25, 0.3) is 0 Å². The van der Waals surface area contributed by atoms with Crippen LogP contribution >= 0.6 is 43.5 Å². The number of methoxy groups -OCH3 is 2. The first-order valence-electron chi connectivity index (χ1n) is 39.8. The summed E-state index contributed by atoms with van der Waals surface area (Å²) in [5.74, 6) is 69.3. The number of ether oxygens (including phenoxy) is 6. The second-order valence-corrected chi connectivity index (χ2v) is 34.3. The Morgan fingerprint density at radius 1 is 0.504 bits per heavy atom. The number of aryl methyl sites for hydroxylation is 2. The van der Waals surface area contributed by atoms with Crippen LogP contribution < -0.4 is 68.5 Å². The van der Waals surface area contributed by atoms with Gasteiger partial charge in [0, 0.05) is 176 Å². The monoisotopic (exact) mass is 1870 g/mol. The Morgan fingerprint density at radius 2 is 0.872 bits per heavy atom. The highest BCUT2D eigenvalue weighted by molar-refractivity contribution is 9.11. The Balaban J connectivity index is 0.000000199. The summed E-state index contributed by atoms with van der Waals surface area (Å²) in [6.45, 7) is 24.5. The highest BCUT2D eigenvalue weighted by atomic mass is 79.9. The van der Waals surface area contributed by atoms with E-state index in [0.717, 1.165) is 118 Å². The molecule has 0 unspecified atom stereocenters. The molecule has 8 heterocycles. The third-order valence-electron chi connectivity index (χ3n) is 20.2. The summed E-state index contributed by atoms with van der Waals surface area (Å²) in [6, 6.07) is 16.7. The number of anilines is 11. The van der Waals surface area contributed by atoms with Crippen LogP contribution in [-0.4, -0.2) is 228 Å². The van der Waals surface area contributed by atoms with Crippen molar-refractivity contribution in [2.45, 2.75) is 71.4 Å². The first-order chi connectivity index (χ1) is 60.4. The number of piperidine rings is 2. The van der Waals surface area contributed by atoms with Crippen LogP contribution in [0.3, 0.4) is 0 Å². The number of benzene rings is 4. The molecule has 0 bridgehead atoms. The lowest BCUT2D eigenvalue weighted by atomic mass is 9.99. The highest BCUT2D eigenvalue weighted by Gasteiger charge is 2.33. The number of aromatic nitrogens is 4. The molecule has 6 aliphatic rings. The van der Waals surface area contributed by atoms with Gasteiger partial charge in [-0.1, -0.05) is 19.8 Å². The number of likely N-dealkylation sites (N-methyl/N-ethyl adjacent to an activating group) is 2. The van der Waals surface area contributed by atoms with Gasteiger partial charge in [-0.25, -0.2) is 32.7 Å². The van der Waals surface area contributed by atoms with Gasteiger partial charge in [0.05, 0.1) is 58.4 Å². The fraction of sp³-hybridized carbons (Fsp3) is 0.372. The smallest absolute Gasteiger partial charge is 0.232 e. The van der Waals surface area contributed by atoms with E-state index in [0.29, 0.717) is 110 Å². The molecular formula is C94H96Br2ClN16O10S2-. The molecule has 6 aromatic rings. The largest absolute Gasteiger partial charge is 0.495 e. The van der Waals surface area contributed by atoms with E-state index in [2.05, 4.69) is 305 Å². The van der Waals surface area contributed by atoms with Gasteiger partial charge < -0.3 is 69.7 Å². The maximum absolute atomic E-state index is 12.6. The van der Waals surface area contributed by atoms with Gasteiger partial charge in [-0.15, -0.1) is 5.92 Å². The molecule has 0 spiro atoms. The van der Waals surface area contributed by atoms with Crippen LogP contribution in [0.1, 0.15) is 57.6 Å². The van der Waals surface area contributed by atoms with Crippen LogP contribution in [0, 0.1) is 161 Å². The number of nitrogens with zero attached hydrogens (tertiary/aromatic N) is 12. The van der Waals surface area contributed by atoms with Crippen LogP contribution in [0.15, 0.2) is 69.9 Å². The van der Waals surface area contributed by atoms with Crippen molar-refractivity contribution in [1.82, 2.24) is 39.5 Å². The number of hydrogen-bond acceptors (Lipinski definition) is 24. The van der Waals surface area contributed by atoms with Gasteiger partial charge in [-0.3, -0.25) is 24.3 Å². The van der Waals surface area contributed by atoms with Crippen LogP contribution in [0.5, 0.6) is 34.5 Å². The second kappa shape index (κ2) is 49.0. The summed E-state index contributed by atoms with van der Waals surface area (Å²) >= 11 is 12.7. The standard InChI is InChI=1S/C33H45BrN8O5S.C28H5.C19H32N4O.C14H14BrClN4O4S/c1-6-22-19-26(29(45-4)20-27(22)42-11-9-23(10-12-42)41-15-13-39(2)14-16-41)37-33-35-21-24(34)32(38-33)36-25-7-8-28-31(47-18-17-46-28)30(25)40(3)48(5,43)44;1-3-5-7-9-11-13-15-17-19-21-23-25-27-28-26-24-22-20-18-16-14-12-10-8-6-4-2;1-4-15-13-17(20)19(24-3)14-18(15)23-7-5-16(6-8-23)22-11-9-21(2)10-12-22;1-20(25(2,21)22)11-9(3-4-10-12(11)24-6-5-23-10)18-13-8(15)7-17-14(16)19-13/h7-8,19-21,23H,6,9-18H2,1-5H3,(H2,35,36,37,38);1H2,2H3;13-14,16H,4-12,20H2,1-3H3;3-4,7H,5-6H2,1-2H3,(H,17,18,19)/q;-1;;. The lowest BCUT2D eigenvalue weighted by molar-refractivity contribution is 0.0982. The third kappa shape index (κ3) is 29.0. The predicted molar refractivity (Wildman–Crippen MR) is 506 cm³/mol. The Bertz CT molecular complexity index is 5940. The number of halogens is 3. The van der Waals surface area contributed by atoms with E-state index in [4.69, 9.17) is 50.7 Å². The molecular weight excluding hydrogens is 1770 g/mol. The summed E-state index contributed by atoms with van der Waals surface area (Å²) in [5, 5.41) is 9.76. The quantitative estimate of drug-likeness (QED) is 0.0270. The van der Waals surface area contributed by atoms with Gasteiger partial charge in [-0.05, 0) is 245 Å². The predicted octanol–water partition coefficient (Wildman–Crippen LogP) is 10.4. The van der Waals surface area contributed by atoms with Crippen molar-refractivity contribution in [3.05, 3.63) is 93.2 Å². The molecule has 0 saturated carbocycles. The maximum atomic E-state index is 12.6. The van der Waals surface area contributed by atoms with E-state index >= 15 is 0 Å². The van der Waals surface area contributed by atoms with Gasteiger partial charge >= 0.3 is 0 Å². The molecule has 31 heteroatoms. The Labute approximate surface area is 759 Å². The minimum Gasteiger partial charge on any atom is -0.495 e. The molecule has 0 aliphatic carbocycles. The topological polar surface area (TPSA) is 263 Å². The van der Waals surface area contributed by atoms with Crippen LogP contribution in [-0.2, 0) is 32.9 Å².